The van der Waals surface area contributed by atoms with Crippen molar-refractivity contribution in [1.29, 1.82) is 0 Å². The largest absolute Gasteiger partial charge is 0.435 e. The summed E-state index contributed by atoms with van der Waals surface area (Å²) in [6.07, 6.45) is -5.17. The molecule has 26 heavy (non-hydrogen) atoms. The first-order chi connectivity index (χ1) is 12.3. The highest BCUT2D eigenvalue weighted by molar-refractivity contribution is 6.34. The first-order valence-electron chi connectivity index (χ1n) is 7.77. The molecule has 2 aromatic carbocycles. The van der Waals surface area contributed by atoms with Crippen molar-refractivity contribution in [2.45, 2.75) is 31.4 Å². The van der Waals surface area contributed by atoms with Crippen molar-refractivity contribution >= 4 is 28.9 Å². The zero-order valence-corrected chi connectivity index (χ0v) is 14.8. The first-order valence-corrected chi connectivity index (χ1v) is 8.52. The summed E-state index contributed by atoms with van der Waals surface area (Å²) in [5, 5.41) is 3.96. The highest BCUT2D eigenvalue weighted by Crippen LogP contribution is 2.49. The van der Waals surface area contributed by atoms with Crippen molar-refractivity contribution in [3.63, 3.8) is 0 Å². The fourth-order valence-electron chi connectivity index (χ4n) is 3.20. The van der Waals surface area contributed by atoms with Gasteiger partial charge in [-0.1, -0.05) is 40.5 Å². The van der Waals surface area contributed by atoms with Crippen LogP contribution in [-0.4, -0.2) is 11.9 Å². The van der Waals surface area contributed by atoms with Crippen LogP contribution in [0.15, 0.2) is 41.6 Å². The molecule has 3 nitrogen and oxygen atoms in total. The molecule has 2 aliphatic rings. The molecule has 0 radical (unpaired) electrons. The van der Waals surface area contributed by atoms with E-state index in [4.69, 9.17) is 32.8 Å². The number of hydrogen-bond donors (Lipinski definition) is 0. The summed E-state index contributed by atoms with van der Waals surface area (Å²) in [6, 6.07) is 9.14. The highest BCUT2D eigenvalue weighted by Gasteiger charge is 2.62. The van der Waals surface area contributed by atoms with Crippen molar-refractivity contribution in [3.8, 4) is 0 Å². The third-order valence-electron chi connectivity index (χ3n) is 4.57. The Morgan fingerprint density at radius 3 is 2.35 bits per heavy atom. The van der Waals surface area contributed by atoms with Gasteiger partial charge in [-0.25, -0.2) is 0 Å². The van der Waals surface area contributed by atoms with Crippen LogP contribution in [0, 0.1) is 0 Å². The van der Waals surface area contributed by atoms with Gasteiger partial charge in [-0.3, -0.25) is 0 Å². The molecular formula is C18H12Cl2F3NO2. The fourth-order valence-corrected chi connectivity index (χ4v) is 3.72. The van der Waals surface area contributed by atoms with Gasteiger partial charge in [0.15, 0.2) is 0 Å². The number of halogens is 5. The molecule has 0 amide bonds. The van der Waals surface area contributed by atoms with Crippen molar-refractivity contribution in [2.75, 3.05) is 0 Å². The van der Waals surface area contributed by atoms with Crippen LogP contribution < -0.4 is 0 Å². The molecule has 2 heterocycles. The molecule has 0 bridgehead atoms. The van der Waals surface area contributed by atoms with Crippen molar-refractivity contribution in [2.24, 2.45) is 5.16 Å². The Labute approximate surface area is 157 Å². The highest BCUT2D eigenvalue weighted by atomic mass is 35.5. The Morgan fingerprint density at radius 2 is 1.65 bits per heavy atom. The number of alkyl halides is 3. The van der Waals surface area contributed by atoms with Gasteiger partial charge in [0.2, 0.25) is 0 Å². The van der Waals surface area contributed by atoms with E-state index in [2.05, 4.69) is 5.16 Å². The summed E-state index contributed by atoms with van der Waals surface area (Å²) in [6.45, 7) is 0.942. The second-order valence-corrected chi connectivity index (χ2v) is 7.14. The van der Waals surface area contributed by atoms with Gasteiger partial charge in [0, 0.05) is 22.0 Å². The molecule has 0 N–H and O–H groups in total. The Hall–Kier alpha value is -1.76. The zero-order valence-electron chi connectivity index (χ0n) is 13.2. The average Bonchev–Trinajstić information content (AvgIpc) is 3.20. The van der Waals surface area contributed by atoms with E-state index in [1.165, 1.54) is 18.2 Å². The predicted molar refractivity (Wildman–Crippen MR) is 91.4 cm³/mol. The number of rotatable bonds is 2. The van der Waals surface area contributed by atoms with E-state index < -0.39 is 18.2 Å². The molecular weight excluding hydrogens is 390 g/mol. The molecule has 0 aliphatic carbocycles. The molecule has 0 fully saturated rings. The van der Waals surface area contributed by atoms with Crippen LogP contribution >= 0.6 is 23.2 Å². The molecule has 0 saturated carbocycles. The molecule has 136 valence electrons. The molecule has 4 rings (SSSR count). The molecule has 8 heteroatoms. The number of hydrogen-bond acceptors (Lipinski definition) is 3. The van der Waals surface area contributed by atoms with Crippen LogP contribution in [0.3, 0.4) is 0 Å². The summed E-state index contributed by atoms with van der Waals surface area (Å²) < 4.78 is 47.3. The standard InChI is InChI=1S/C18H12Cl2F3NO2/c19-14-4-13(5-15(20)6-14)17(18(21,22)23)7-16(24-26-17)10-1-2-11-8-25-9-12(11)3-10/h1-6H,7-9H2. The predicted octanol–water partition coefficient (Wildman–Crippen LogP) is 5.61. The fraction of sp³-hybridized carbons (Fsp3) is 0.278. The minimum atomic E-state index is -4.70. The van der Waals surface area contributed by atoms with Crippen molar-refractivity contribution in [3.05, 3.63) is 68.7 Å². The summed E-state index contributed by atoms with van der Waals surface area (Å²) in [5.74, 6) is 0. The normalized spacial score (nSPS) is 22.1. The van der Waals surface area contributed by atoms with E-state index >= 15 is 0 Å². The molecule has 1 atom stereocenters. The Kier molecular flexibility index (Phi) is 4.17. The van der Waals surface area contributed by atoms with Crippen LogP contribution in [-0.2, 0) is 28.4 Å². The van der Waals surface area contributed by atoms with Gasteiger partial charge >= 0.3 is 6.18 Å². The van der Waals surface area contributed by atoms with Crippen LogP contribution in [0.25, 0.3) is 0 Å². The molecule has 1 unspecified atom stereocenters. The Morgan fingerprint density at radius 1 is 0.962 bits per heavy atom. The third kappa shape index (κ3) is 2.86. The number of fused-ring (bicyclic) bond motifs is 1. The zero-order chi connectivity index (χ0) is 18.5. The number of nitrogens with zero attached hydrogens (tertiary/aromatic N) is 1. The summed E-state index contributed by atoms with van der Waals surface area (Å²) >= 11 is 11.8. The van der Waals surface area contributed by atoms with Gasteiger partial charge in [0.25, 0.3) is 5.60 Å². The van der Waals surface area contributed by atoms with E-state index in [9.17, 15) is 13.2 Å². The molecule has 2 aliphatic heterocycles. The smallest absolute Gasteiger partial charge is 0.374 e. The molecule has 2 aromatic rings. The maximum absolute atomic E-state index is 14.0. The lowest BCUT2D eigenvalue weighted by Crippen LogP contribution is -2.42. The van der Waals surface area contributed by atoms with Gasteiger partial charge in [-0.15, -0.1) is 0 Å². The first kappa shape index (κ1) is 17.6. The van der Waals surface area contributed by atoms with Crippen molar-refractivity contribution in [1.82, 2.24) is 0 Å². The number of benzene rings is 2. The van der Waals surface area contributed by atoms with Gasteiger partial charge in [-0.05, 0) is 41.0 Å². The third-order valence-corrected chi connectivity index (χ3v) is 5.01. The Balaban J connectivity index is 1.73. The van der Waals surface area contributed by atoms with Crippen LogP contribution in [0.5, 0.6) is 0 Å². The van der Waals surface area contributed by atoms with Gasteiger partial charge in [0.05, 0.1) is 18.9 Å². The van der Waals surface area contributed by atoms with Gasteiger partial charge in [-0.2, -0.15) is 13.2 Å². The second kappa shape index (κ2) is 6.15. The lowest BCUT2D eigenvalue weighted by molar-refractivity contribution is -0.275. The van der Waals surface area contributed by atoms with Crippen LogP contribution in [0.2, 0.25) is 10.0 Å². The van der Waals surface area contributed by atoms with E-state index in [1.54, 1.807) is 12.1 Å². The molecule has 0 aromatic heterocycles. The van der Waals surface area contributed by atoms with Gasteiger partial charge < -0.3 is 9.57 Å². The van der Waals surface area contributed by atoms with E-state index in [-0.39, 0.29) is 21.3 Å². The van der Waals surface area contributed by atoms with Crippen molar-refractivity contribution < 1.29 is 22.7 Å². The topological polar surface area (TPSA) is 30.8 Å². The minimum absolute atomic E-state index is 0.0999. The average molecular weight is 402 g/mol. The van der Waals surface area contributed by atoms with E-state index in [0.717, 1.165) is 11.1 Å². The van der Waals surface area contributed by atoms with Crippen LogP contribution in [0.1, 0.15) is 28.7 Å². The second-order valence-electron chi connectivity index (χ2n) is 6.27. The van der Waals surface area contributed by atoms with E-state index in [0.29, 0.717) is 18.8 Å². The molecule has 0 spiro atoms. The number of oxime groups is 1. The SMILES string of the molecule is FC(F)(F)C1(c2cc(Cl)cc(Cl)c2)CC(c2ccc3c(c2)COC3)=NO1. The summed E-state index contributed by atoms with van der Waals surface area (Å²) in [5.41, 5.74) is -0.0308. The van der Waals surface area contributed by atoms with Gasteiger partial charge in [0.1, 0.15) is 0 Å². The Bertz CT molecular complexity index is 894. The lowest BCUT2D eigenvalue weighted by Gasteiger charge is -2.29. The van der Waals surface area contributed by atoms with E-state index in [1.807, 2.05) is 6.07 Å². The summed E-state index contributed by atoms with van der Waals surface area (Å²) in [7, 11) is 0. The monoisotopic (exact) mass is 401 g/mol. The maximum Gasteiger partial charge on any atom is 0.435 e. The quantitative estimate of drug-likeness (QED) is 0.654. The lowest BCUT2D eigenvalue weighted by atomic mass is 9.86. The molecule has 0 saturated heterocycles. The minimum Gasteiger partial charge on any atom is -0.374 e. The summed E-state index contributed by atoms with van der Waals surface area (Å²) in [4.78, 5) is 5.00. The number of ether oxygens (including phenoxy) is 1. The van der Waals surface area contributed by atoms with Crippen LogP contribution in [0.4, 0.5) is 13.2 Å². The maximum atomic E-state index is 14.0.